The van der Waals surface area contributed by atoms with Gasteiger partial charge in [-0.1, -0.05) is 69.6 Å². The van der Waals surface area contributed by atoms with Gasteiger partial charge in [-0.3, -0.25) is 19.2 Å². The van der Waals surface area contributed by atoms with E-state index in [1.54, 1.807) is 12.1 Å². The van der Waals surface area contributed by atoms with Crippen LogP contribution in [0.25, 0.3) is 22.5 Å². The van der Waals surface area contributed by atoms with E-state index in [0.29, 0.717) is 28.3 Å². The Hall–Kier alpha value is -4.65. The summed E-state index contributed by atoms with van der Waals surface area (Å²) >= 11 is 6.52. The molecule has 3 heterocycles. The van der Waals surface area contributed by atoms with E-state index < -0.39 is 30.0 Å². The largest absolute Gasteiger partial charge is 0.463 e. The lowest BCUT2D eigenvalue weighted by atomic mass is 9.75. The lowest BCUT2D eigenvalue weighted by Gasteiger charge is -2.35. The van der Waals surface area contributed by atoms with Crippen LogP contribution in [0, 0.1) is 10.8 Å². The molecule has 51 heavy (non-hydrogen) atoms. The van der Waals surface area contributed by atoms with Crippen LogP contribution in [0.3, 0.4) is 0 Å². The van der Waals surface area contributed by atoms with Crippen LogP contribution in [0.1, 0.15) is 96.0 Å². The molecule has 2 fully saturated rings. The number of hydrogen-bond acceptors (Lipinski definition) is 8. The fourth-order valence-electron chi connectivity index (χ4n) is 6.83. The van der Waals surface area contributed by atoms with Gasteiger partial charge in [-0.15, -0.1) is 0 Å². The molecule has 14 heteroatoms. The lowest BCUT2D eigenvalue weighted by molar-refractivity contribution is -0.148. The Kier molecular flexibility index (Phi) is 8.76. The second kappa shape index (κ2) is 12.8. The van der Waals surface area contributed by atoms with E-state index in [1.807, 2.05) is 69.0 Å². The molecule has 4 aromatic rings. The van der Waals surface area contributed by atoms with Crippen LogP contribution in [-0.2, 0) is 19.9 Å². The third-order valence-electron chi connectivity index (χ3n) is 9.89. The van der Waals surface area contributed by atoms with E-state index in [1.165, 1.54) is 11.0 Å². The van der Waals surface area contributed by atoms with Crippen molar-refractivity contribution in [3.63, 3.8) is 0 Å². The normalized spacial score (nSPS) is 20.5. The van der Waals surface area contributed by atoms with Gasteiger partial charge in [0.2, 0.25) is 0 Å². The van der Waals surface area contributed by atoms with Gasteiger partial charge < -0.3 is 10.5 Å². The molecule has 0 unspecified atom stereocenters. The number of guanidine groups is 1. The Labute approximate surface area is 299 Å². The number of aliphatic imine (C=N–C) groups is 1. The first-order chi connectivity index (χ1) is 24.2. The summed E-state index contributed by atoms with van der Waals surface area (Å²) in [4.78, 5) is 38.3. The van der Waals surface area contributed by atoms with Gasteiger partial charge in [0.25, 0.3) is 5.91 Å². The molecule has 268 valence electrons. The van der Waals surface area contributed by atoms with Crippen molar-refractivity contribution in [1.29, 1.82) is 0 Å². The summed E-state index contributed by atoms with van der Waals surface area (Å²) in [5.74, 6) is -1.02. The highest BCUT2D eigenvalue weighted by Gasteiger charge is 2.53. The number of carbonyl (C=O) groups is 2. The van der Waals surface area contributed by atoms with Crippen LogP contribution in [0.15, 0.2) is 66.2 Å². The van der Waals surface area contributed by atoms with Gasteiger partial charge in [-0.05, 0) is 71.8 Å². The first kappa shape index (κ1) is 34.8. The summed E-state index contributed by atoms with van der Waals surface area (Å²) in [5.41, 5.74) is 8.02. The van der Waals surface area contributed by atoms with Crippen LogP contribution in [0.5, 0.6) is 0 Å². The number of nitrogens with two attached hydrogens (primary N) is 1. The molecule has 1 amide bonds. The molecule has 0 saturated heterocycles. The molecule has 11 nitrogen and oxygen atoms in total. The average Bonchev–Trinajstić information content (AvgIpc) is 3.89. The maximum Gasteiger partial charge on any atom is 0.335 e. The van der Waals surface area contributed by atoms with Gasteiger partial charge in [0.1, 0.15) is 12.9 Å². The highest BCUT2D eigenvalue weighted by molar-refractivity contribution is 6.33. The van der Waals surface area contributed by atoms with Gasteiger partial charge >= 0.3 is 12.5 Å². The number of aromatic nitrogens is 5. The number of alkyl halides is 2. The Bertz CT molecular complexity index is 1990. The Morgan fingerprint density at radius 3 is 2.47 bits per heavy atom. The molecule has 0 spiro atoms. The fraction of sp³-hybridized carbons (Fsp3) is 0.459. The highest BCUT2D eigenvalue weighted by atomic mass is 35.5. The minimum atomic E-state index is -2.97. The molecule has 1 aliphatic heterocycles. The van der Waals surface area contributed by atoms with Gasteiger partial charge in [0, 0.05) is 17.3 Å². The monoisotopic (exact) mass is 718 g/mol. The summed E-state index contributed by atoms with van der Waals surface area (Å²) in [6.07, 6.45) is 9.57. The predicted octanol–water partition coefficient (Wildman–Crippen LogP) is 7.46. The van der Waals surface area contributed by atoms with Gasteiger partial charge in [-0.25, -0.2) is 9.98 Å². The zero-order valence-electron chi connectivity index (χ0n) is 29.0. The number of rotatable bonds is 12. The molecular weight excluding hydrogens is 678 g/mol. The van der Waals surface area contributed by atoms with E-state index >= 15 is 4.79 Å². The third kappa shape index (κ3) is 7.00. The number of nitrogens with zero attached hydrogens (tertiary/aromatic N) is 7. The summed E-state index contributed by atoms with van der Waals surface area (Å²) in [6.45, 7) is 4.88. The number of esters is 1. The summed E-state index contributed by atoms with van der Waals surface area (Å²) in [5, 5.41) is 8.31. The van der Waals surface area contributed by atoms with Crippen LogP contribution in [-0.4, -0.2) is 53.9 Å². The fourth-order valence-corrected chi connectivity index (χ4v) is 7.03. The molecule has 2 aromatic carbocycles. The SMILES string of the molecule is CC(C)(C)C[C@]1(c2ccc(-c3cnn(C4CC4)c3)cc2)N=C(N)N([C@H](COC(=O)CC2(C)CC2)c2ccc(Cl)c(-c3ncnn3C(F)F)c2)C1=O. The summed E-state index contributed by atoms with van der Waals surface area (Å²) in [7, 11) is 0. The first-order valence-corrected chi connectivity index (χ1v) is 17.5. The highest BCUT2D eigenvalue weighted by Crippen LogP contribution is 2.49. The van der Waals surface area contributed by atoms with Crippen molar-refractivity contribution in [2.75, 3.05) is 6.61 Å². The maximum absolute atomic E-state index is 15.0. The molecule has 7 rings (SSSR count). The standard InChI is InChI=1S/C37H41ClF2N8O3/c1-35(2,3)20-37(25-8-5-22(6-9-25)24-17-43-46(18-24)26-10-11-26)32(50)47(34(41)45-37)29(19-51-30(49)16-36(4)13-14-36)23-7-12-28(38)27(15-23)31-42-21-44-48(31)33(39)40/h5-9,12,15,17-18,21,26,29,33H,10-11,13-14,16,19-20H2,1-4H3,(H2,41,45)/t29-,37-/m1/s1. The number of hydrogen-bond donors (Lipinski definition) is 1. The molecule has 2 N–H and O–H groups in total. The predicted molar refractivity (Wildman–Crippen MR) is 188 cm³/mol. The number of ether oxygens (including phenoxy) is 1. The number of carbonyl (C=O) groups excluding carboxylic acids is 2. The van der Waals surface area contributed by atoms with Crippen molar-refractivity contribution in [3.05, 3.63) is 77.3 Å². The van der Waals surface area contributed by atoms with E-state index in [4.69, 9.17) is 27.1 Å². The zero-order valence-corrected chi connectivity index (χ0v) is 29.8. The van der Waals surface area contributed by atoms with Crippen LogP contribution < -0.4 is 5.73 Å². The molecule has 2 aromatic heterocycles. The van der Waals surface area contributed by atoms with E-state index in [2.05, 4.69) is 15.2 Å². The topological polar surface area (TPSA) is 134 Å². The minimum Gasteiger partial charge on any atom is -0.463 e. The average molecular weight is 719 g/mol. The molecule has 0 radical (unpaired) electrons. The maximum atomic E-state index is 15.0. The molecule has 2 saturated carbocycles. The zero-order chi connectivity index (χ0) is 36.3. The van der Waals surface area contributed by atoms with Crippen LogP contribution >= 0.6 is 11.6 Å². The second-order valence-electron chi connectivity index (χ2n) is 15.5. The van der Waals surface area contributed by atoms with Gasteiger partial charge in [0.15, 0.2) is 17.3 Å². The van der Waals surface area contributed by atoms with Gasteiger partial charge in [-0.2, -0.15) is 23.7 Å². The third-order valence-corrected chi connectivity index (χ3v) is 10.2. The van der Waals surface area contributed by atoms with Crippen molar-refractivity contribution < 1.29 is 23.1 Å². The molecule has 2 aliphatic carbocycles. The van der Waals surface area contributed by atoms with Crippen molar-refractivity contribution >= 4 is 29.4 Å². The van der Waals surface area contributed by atoms with Crippen molar-refractivity contribution in [2.45, 2.75) is 90.4 Å². The Morgan fingerprint density at radius 2 is 1.82 bits per heavy atom. The second-order valence-corrected chi connectivity index (χ2v) is 15.9. The van der Waals surface area contributed by atoms with Crippen molar-refractivity contribution in [3.8, 4) is 22.5 Å². The number of amides is 1. The van der Waals surface area contributed by atoms with Crippen LogP contribution in [0.4, 0.5) is 8.78 Å². The van der Waals surface area contributed by atoms with E-state index in [-0.39, 0.29) is 46.2 Å². The quantitative estimate of drug-likeness (QED) is 0.150. The van der Waals surface area contributed by atoms with Gasteiger partial charge in [0.05, 0.1) is 29.7 Å². The molecule has 2 atom stereocenters. The summed E-state index contributed by atoms with van der Waals surface area (Å²) < 4.78 is 36.0. The molecule has 0 bridgehead atoms. The first-order valence-electron chi connectivity index (χ1n) is 17.1. The Morgan fingerprint density at radius 1 is 1.10 bits per heavy atom. The van der Waals surface area contributed by atoms with Crippen molar-refractivity contribution in [2.24, 2.45) is 21.6 Å². The van der Waals surface area contributed by atoms with E-state index in [0.717, 1.165) is 43.1 Å². The molecular formula is C37H41ClF2N8O3. The smallest absolute Gasteiger partial charge is 0.335 e. The molecule has 3 aliphatic rings. The number of benzene rings is 2. The Balaban J connectivity index is 1.26. The minimum absolute atomic E-state index is 0.0542. The number of halogens is 3. The van der Waals surface area contributed by atoms with E-state index in [9.17, 15) is 13.6 Å². The summed E-state index contributed by atoms with van der Waals surface area (Å²) in [6, 6.07) is 11.9. The van der Waals surface area contributed by atoms with Crippen molar-refractivity contribution in [1.82, 2.24) is 29.4 Å². The lowest BCUT2D eigenvalue weighted by Crippen LogP contribution is -2.47. The van der Waals surface area contributed by atoms with Crippen LogP contribution in [0.2, 0.25) is 5.02 Å².